The van der Waals surface area contributed by atoms with Crippen LogP contribution in [0.3, 0.4) is 0 Å². The van der Waals surface area contributed by atoms with E-state index in [9.17, 15) is 22.8 Å². The molecule has 17 heavy (non-hydrogen) atoms. The van der Waals surface area contributed by atoms with E-state index in [1.54, 1.807) is 5.32 Å². The standard InChI is InChI=1S/C9H14F3N3O2/c10-9(11,12)8(17)14-6-7(16)15-4-1-2-13-3-5-15/h13H,1-6H2,(H,14,17). The van der Waals surface area contributed by atoms with Crippen LogP contribution in [0.4, 0.5) is 13.2 Å². The van der Waals surface area contributed by atoms with E-state index in [4.69, 9.17) is 0 Å². The molecule has 2 N–H and O–H groups in total. The van der Waals surface area contributed by atoms with Crippen molar-refractivity contribution >= 4 is 11.8 Å². The van der Waals surface area contributed by atoms with Gasteiger partial charge in [-0.25, -0.2) is 0 Å². The first-order chi connectivity index (χ1) is 7.91. The Balaban J connectivity index is 2.36. The maximum Gasteiger partial charge on any atom is 0.471 e. The van der Waals surface area contributed by atoms with Crippen molar-refractivity contribution in [2.24, 2.45) is 0 Å². The van der Waals surface area contributed by atoms with Gasteiger partial charge in [-0.3, -0.25) is 9.59 Å². The van der Waals surface area contributed by atoms with Gasteiger partial charge in [-0.15, -0.1) is 0 Å². The number of amides is 2. The molecule has 0 bridgehead atoms. The number of nitrogens with zero attached hydrogens (tertiary/aromatic N) is 1. The molecular formula is C9H14F3N3O2. The van der Waals surface area contributed by atoms with Crippen molar-refractivity contribution in [1.82, 2.24) is 15.5 Å². The summed E-state index contributed by atoms with van der Waals surface area (Å²) in [5.41, 5.74) is 0. The lowest BCUT2D eigenvalue weighted by atomic mass is 10.3. The minimum atomic E-state index is -4.94. The summed E-state index contributed by atoms with van der Waals surface area (Å²) in [7, 11) is 0. The molecule has 1 rings (SSSR count). The normalized spacial score (nSPS) is 17.5. The average molecular weight is 253 g/mol. The van der Waals surface area contributed by atoms with Gasteiger partial charge in [-0.05, 0) is 13.0 Å². The van der Waals surface area contributed by atoms with Crippen molar-refractivity contribution in [3.05, 3.63) is 0 Å². The Morgan fingerprint density at radius 1 is 1.24 bits per heavy atom. The molecule has 1 fully saturated rings. The van der Waals surface area contributed by atoms with Crippen molar-refractivity contribution < 1.29 is 22.8 Å². The van der Waals surface area contributed by atoms with Gasteiger partial charge in [0.05, 0.1) is 6.54 Å². The van der Waals surface area contributed by atoms with Crippen LogP contribution in [0.15, 0.2) is 0 Å². The van der Waals surface area contributed by atoms with Crippen LogP contribution in [-0.4, -0.2) is 55.6 Å². The highest BCUT2D eigenvalue weighted by atomic mass is 19.4. The average Bonchev–Trinajstić information content (AvgIpc) is 2.52. The van der Waals surface area contributed by atoms with Gasteiger partial charge < -0.3 is 15.5 Å². The number of halogens is 3. The number of hydrogen-bond donors (Lipinski definition) is 2. The summed E-state index contributed by atoms with van der Waals surface area (Å²) >= 11 is 0. The fourth-order valence-corrected chi connectivity index (χ4v) is 1.46. The lowest BCUT2D eigenvalue weighted by Gasteiger charge is -2.20. The molecule has 98 valence electrons. The molecular weight excluding hydrogens is 239 g/mol. The predicted molar refractivity (Wildman–Crippen MR) is 53.1 cm³/mol. The highest BCUT2D eigenvalue weighted by molar-refractivity contribution is 5.87. The third-order valence-corrected chi connectivity index (χ3v) is 2.35. The van der Waals surface area contributed by atoms with E-state index in [2.05, 4.69) is 5.32 Å². The molecule has 0 atom stereocenters. The molecule has 0 unspecified atom stereocenters. The second-order valence-electron chi connectivity index (χ2n) is 3.66. The fraction of sp³-hybridized carbons (Fsp3) is 0.778. The van der Waals surface area contributed by atoms with Gasteiger partial charge in [0.15, 0.2) is 0 Å². The van der Waals surface area contributed by atoms with Crippen LogP contribution >= 0.6 is 0 Å². The maximum absolute atomic E-state index is 11.9. The summed E-state index contributed by atoms with van der Waals surface area (Å²) in [5.74, 6) is -2.58. The van der Waals surface area contributed by atoms with Crippen LogP contribution < -0.4 is 10.6 Å². The monoisotopic (exact) mass is 253 g/mol. The van der Waals surface area contributed by atoms with Crippen molar-refractivity contribution in [1.29, 1.82) is 0 Å². The zero-order valence-corrected chi connectivity index (χ0v) is 9.14. The van der Waals surface area contributed by atoms with E-state index in [0.717, 1.165) is 13.0 Å². The molecule has 5 nitrogen and oxygen atoms in total. The SMILES string of the molecule is O=C(CNC(=O)C(F)(F)F)N1CCCNCC1. The summed E-state index contributed by atoms with van der Waals surface area (Å²) in [6, 6.07) is 0. The lowest BCUT2D eigenvalue weighted by Crippen LogP contribution is -2.45. The molecule has 0 aliphatic carbocycles. The van der Waals surface area contributed by atoms with Gasteiger partial charge >= 0.3 is 12.1 Å². The van der Waals surface area contributed by atoms with Gasteiger partial charge in [-0.2, -0.15) is 13.2 Å². The predicted octanol–water partition coefficient (Wildman–Crippen LogP) is -0.513. The Labute approximate surface area is 96.3 Å². The molecule has 0 radical (unpaired) electrons. The number of carbonyl (C=O) groups excluding carboxylic acids is 2. The van der Waals surface area contributed by atoms with Gasteiger partial charge in [0.1, 0.15) is 0 Å². The molecule has 0 saturated carbocycles. The molecule has 0 aromatic rings. The minimum Gasteiger partial charge on any atom is -0.340 e. The summed E-state index contributed by atoms with van der Waals surface area (Å²) in [5, 5.41) is 4.62. The number of hydrogen-bond acceptors (Lipinski definition) is 3. The van der Waals surface area contributed by atoms with Gasteiger partial charge in [-0.1, -0.05) is 0 Å². The van der Waals surface area contributed by atoms with Crippen LogP contribution in [0.25, 0.3) is 0 Å². The largest absolute Gasteiger partial charge is 0.471 e. The highest BCUT2D eigenvalue weighted by Crippen LogP contribution is 2.13. The summed E-state index contributed by atoms with van der Waals surface area (Å²) in [6.07, 6.45) is -4.19. The van der Waals surface area contributed by atoms with Gasteiger partial charge in [0.25, 0.3) is 0 Å². The van der Waals surface area contributed by atoms with Crippen LogP contribution in [0.5, 0.6) is 0 Å². The number of rotatable bonds is 2. The minimum absolute atomic E-state index is 0.445. The summed E-state index contributed by atoms with van der Waals surface area (Å²) in [6.45, 7) is 1.71. The quantitative estimate of drug-likeness (QED) is 0.696. The van der Waals surface area contributed by atoms with E-state index in [1.807, 2.05) is 0 Å². The Morgan fingerprint density at radius 3 is 2.59 bits per heavy atom. The maximum atomic E-state index is 11.9. The van der Waals surface area contributed by atoms with Crippen molar-refractivity contribution in [3.8, 4) is 0 Å². The second kappa shape index (κ2) is 5.85. The summed E-state index contributed by atoms with van der Waals surface area (Å²) < 4.78 is 35.6. The molecule has 8 heteroatoms. The zero-order chi connectivity index (χ0) is 12.9. The Kier molecular flexibility index (Phi) is 4.73. The smallest absolute Gasteiger partial charge is 0.340 e. The third kappa shape index (κ3) is 4.59. The molecule has 1 aliphatic heterocycles. The molecule has 0 aromatic heterocycles. The van der Waals surface area contributed by atoms with E-state index in [1.165, 1.54) is 4.90 Å². The fourth-order valence-electron chi connectivity index (χ4n) is 1.46. The van der Waals surface area contributed by atoms with Crippen molar-refractivity contribution in [2.75, 3.05) is 32.7 Å². The lowest BCUT2D eigenvalue weighted by molar-refractivity contribution is -0.174. The number of nitrogens with one attached hydrogen (secondary N) is 2. The molecule has 1 aliphatic rings. The number of alkyl halides is 3. The highest BCUT2D eigenvalue weighted by Gasteiger charge is 2.38. The van der Waals surface area contributed by atoms with Crippen molar-refractivity contribution in [2.45, 2.75) is 12.6 Å². The molecule has 1 saturated heterocycles. The van der Waals surface area contributed by atoms with Gasteiger partial charge in [0.2, 0.25) is 5.91 Å². The first kappa shape index (κ1) is 13.8. The van der Waals surface area contributed by atoms with Gasteiger partial charge in [0, 0.05) is 19.6 Å². The summed E-state index contributed by atoms with van der Waals surface area (Å²) in [4.78, 5) is 23.4. The molecule has 0 spiro atoms. The first-order valence-corrected chi connectivity index (χ1v) is 5.25. The Bertz CT molecular complexity index is 286. The topological polar surface area (TPSA) is 61.4 Å². The van der Waals surface area contributed by atoms with E-state index >= 15 is 0 Å². The van der Waals surface area contributed by atoms with Crippen molar-refractivity contribution in [3.63, 3.8) is 0 Å². The Hall–Kier alpha value is -1.31. The second-order valence-corrected chi connectivity index (χ2v) is 3.66. The van der Waals surface area contributed by atoms with Crippen LogP contribution in [-0.2, 0) is 9.59 Å². The molecule has 2 amide bonds. The first-order valence-electron chi connectivity index (χ1n) is 5.25. The Morgan fingerprint density at radius 2 is 1.94 bits per heavy atom. The van der Waals surface area contributed by atoms with E-state index < -0.39 is 24.5 Å². The van der Waals surface area contributed by atoms with E-state index in [0.29, 0.717) is 19.6 Å². The third-order valence-electron chi connectivity index (χ3n) is 2.35. The molecule has 0 aromatic carbocycles. The van der Waals surface area contributed by atoms with Crippen LogP contribution in [0, 0.1) is 0 Å². The number of carbonyl (C=O) groups is 2. The van der Waals surface area contributed by atoms with E-state index in [-0.39, 0.29) is 0 Å². The zero-order valence-electron chi connectivity index (χ0n) is 9.14. The molecule has 1 heterocycles. The van der Waals surface area contributed by atoms with Crippen LogP contribution in [0.2, 0.25) is 0 Å². The van der Waals surface area contributed by atoms with Crippen LogP contribution in [0.1, 0.15) is 6.42 Å².